The van der Waals surface area contributed by atoms with Gasteiger partial charge in [-0.2, -0.15) is 8.78 Å². The van der Waals surface area contributed by atoms with E-state index in [2.05, 4.69) is 4.98 Å². The molecule has 0 saturated carbocycles. The molecule has 0 spiro atoms. The summed E-state index contributed by atoms with van der Waals surface area (Å²) in [6, 6.07) is 3.21. The third-order valence-corrected chi connectivity index (χ3v) is 1.73. The smallest absolute Gasteiger partial charge is 0.384 e. The summed E-state index contributed by atoms with van der Waals surface area (Å²) >= 11 is 0. The van der Waals surface area contributed by atoms with Crippen LogP contribution in [-0.2, 0) is 10.7 Å². The average Bonchev–Trinajstić information content (AvgIpc) is 2.26. The number of carboxylic acids is 1. The van der Waals surface area contributed by atoms with Crippen molar-refractivity contribution in [1.29, 1.82) is 0 Å². The second kappa shape index (κ2) is 4.64. The lowest BCUT2D eigenvalue weighted by molar-refractivity contribution is -0.401. The number of pyridine rings is 1. The van der Waals surface area contributed by atoms with E-state index in [9.17, 15) is 23.7 Å². The van der Waals surface area contributed by atoms with Crippen molar-refractivity contribution in [3.8, 4) is 0 Å². The van der Waals surface area contributed by atoms with Gasteiger partial charge >= 0.3 is 11.9 Å². The van der Waals surface area contributed by atoms with Crippen molar-refractivity contribution in [1.82, 2.24) is 4.98 Å². The van der Waals surface area contributed by atoms with Crippen LogP contribution in [-0.4, -0.2) is 21.0 Å². The summed E-state index contributed by atoms with van der Waals surface area (Å²) < 4.78 is 26.1. The zero-order valence-corrected chi connectivity index (χ0v) is 8.21. The fourth-order valence-corrected chi connectivity index (χ4v) is 0.966. The van der Waals surface area contributed by atoms with Crippen LogP contribution in [0.5, 0.6) is 0 Å². The van der Waals surface area contributed by atoms with Crippen LogP contribution in [0.25, 0.3) is 6.08 Å². The van der Waals surface area contributed by atoms with E-state index in [4.69, 9.17) is 5.11 Å². The van der Waals surface area contributed by atoms with Crippen LogP contribution in [0, 0.1) is 10.1 Å². The summed E-state index contributed by atoms with van der Waals surface area (Å²) in [5.41, 5.74) is -1.10. The van der Waals surface area contributed by atoms with E-state index >= 15 is 0 Å². The van der Waals surface area contributed by atoms with Gasteiger partial charge in [-0.05, 0) is 12.1 Å². The first-order valence-corrected chi connectivity index (χ1v) is 4.24. The van der Waals surface area contributed by atoms with Crippen molar-refractivity contribution in [2.45, 2.75) is 5.92 Å². The highest BCUT2D eigenvalue weighted by Gasteiger charge is 2.42. The molecule has 1 aromatic heterocycles. The lowest BCUT2D eigenvalue weighted by Gasteiger charge is -2.10. The van der Waals surface area contributed by atoms with Crippen molar-refractivity contribution in [3.05, 3.63) is 45.9 Å². The molecule has 0 unspecified atom stereocenters. The van der Waals surface area contributed by atoms with E-state index in [-0.39, 0.29) is 5.69 Å². The Morgan fingerprint density at radius 3 is 2.71 bits per heavy atom. The summed E-state index contributed by atoms with van der Waals surface area (Å²) in [6.07, 6.45) is 1.41. The molecule has 0 atom stereocenters. The van der Waals surface area contributed by atoms with Crippen LogP contribution >= 0.6 is 0 Å². The lowest BCUT2D eigenvalue weighted by atomic mass is 10.2. The zero-order chi connectivity index (χ0) is 13.1. The number of halogens is 2. The predicted molar refractivity (Wildman–Crippen MR) is 51.8 cm³/mol. The second-order valence-electron chi connectivity index (χ2n) is 2.93. The van der Waals surface area contributed by atoms with Crippen LogP contribution in [0.2, 0.25) is 0 Å². The summed E-state index contributed by atoms with van der Waals surface area (Å²) in [4.78, 5) is 22.8. The fraction of sp³-hybridized carbons (Fsp3) is 0.111. The van der Waals surface area contributed by atoms with Crippen molar-refractivity contribution in [2.75, 3.05) is 0 Å². The number of hydrogen-bond donors (Lipinski definition) is 1. The second-order valence-corrected chi connectivity index (χ2v) is 2.93. The molecule has 0 aromatic carbocycles. The van der Waals surface area contributed by atoms with E-state index in [1.165, 1.54) is 6.07 Å². The molecule has 0 aliphatic carbocycles. The highest BCUT2D eigenvalue weighted by Crippen LogP contribution is 2.26. The number of carbonyl (C=O) groups is 1. The summed E-state index contributed by atoms with van der Waals surface area (Å²) in [6.45, 7) is 0. The minimum Gasteiger partial charge on any atom is -0.476 e. The van der Waals surface area contributed by atoms with Crippen LogP contribution in [0.3, 0.4) is 0 Å². The molecule has 0 saturated heterocycles. The van der Waals surface area contributed by atoms with Gasteiger partial charge in [0, 0.05) is 6.08 Å². The van der Waals surface area contributed by atoms with Crippen molar-refractivity contribution < 1.29 is 23.6 Å². The number of rotatable bonds is 4. The van der Waals surface area contributed by atoms with Gasteiger partial charge in [-0.15, -0.1) is 0 Å². The number of nitro groups is 1. The molecular weight excluding hydrogens is 238 g/mol. The third kappa shape index (κ3) is 3.03. The molecule has 1 heterocycles. The number of hydrogen-bond acceptors (Lipinski definition) is 4. The molecule has 0 amide bonds. The molecule has 0 aliphatic rings. The maximum atomic E-state index is 13.0. The van der Waals surface area contributed by atoms with Gasteiger partial charge in [0.2, 0.25) is 6.20 Å². The minimum absolute atomic E-state index is 0.125. The Morgan fingerprint density at radius 2 is 2.18 bits per heavy atom. The molecule has 0 bridgehead atoms. The van der Waals surface area contributed by atoms with Crippen molar-refractivity contribution >= 4 is 12.0 Å². The minimum atomic E-state index is -4.13. The molecule has 0 radical (unpaired) electrons. The van der Waals surface area contributed by atoms with Crippen LogP contribution < -0.4 is 0 Å². The van der Waals surface area contributed by atoms with Gasteiger partial charge in [-0.3, -0.25) is 10.1 Å². The summed E-state index contributed by atoms with van der Waals surface area (Å²) in [5.74, 6) is -6.46. The fourth-order valence-electron chi connectivity index (χ4n) is 0.966. The Labute approximate surface area is 93.4 Å². The van der Waals surface area contributed by atoms with Crippen molar-refractivity contribution in [3.63, 3.8) is 0 Å². The third-order valence-electron chi connectivity index (χ3n) is 1.73. The highest BCUT2D eigenvalue weighted by molar-refractivity contribution is 5.76. The maximum Gasteiger partial charge on any atom is 0.384 e. The standard InChI is InChI=1S/C9H6F2N2O4/c10-9(11,8(14)15)7-3-1-2-6(12-7)4-5-13(16)17/h1-5H,(H,14,15). The van der Waals surface area contributed by atoms with Gasteiger partial charge in [0.05, 0.1) is 10.6 Å². The van der Waals surface area contributed by atoms with Crippen LogP contribution in [0.1, 0.15) is 11.4 Å². The van der Waals surface area contributed by atoms with Crippen LogP contribution in [0.4, 0.5) is 8.78 Å². The number of aliphatic carboxylic acids is 1. The van der Waals surface area contributed by atoms with Gasteiger partial charge in [0.25, 0.3) is 0 Å². The monoisotopic (exact) mass is 244 g/mol. The molecule has 1 rings (SSSR count). The topological polar surface area (TPSA) is 93.3 Å². The largest absolute Gasteiger partial charge is 0.476 e. The quantitative estimate of drug-likeness (QED) is 0.639. The molecule has 17 heavy (non-hydrogen) atoms. The van der Waals surface area contributed by atoms with Gasteiger partial charge in [-0.1, -0.05) is 6.07 Å². The van der Waals surface area contributed by atoms with E-state index < -0.39 is 22.5 Å². The van der Waals surface area contributed by atoms with Gasteiger partial charge < -0.3 is 5.11 Å². The van der Waals surface area contributed by atoms with E-state index in [1.54, 1.807) is 0 Å². The average molecular weight is 244 g/mol. The van der Waals surface area contributed by atoms with Gasteiger partial charge in [-0.25, -0.2) is 9.78 Å². The molecule has 0 aliphatic heterocycles. The number of alkyl halides is 2. The Kier molecular flexibility index (Phi) is 3.46. The molecule has 1 N–H and O–H groups in total. The SMILES string of the molecule is O=C(O)C(F)(F)c1cccc(C=C[N+](=O)[O-])n1. The Morgan fingerprint density at radius 1 is 1.53 bits per heavy atom. The Hall–Kier alpha value is -2.38. The molecule has 0 fully saturated rings. The van der Waals surface area contributed by atoms with Gasteiger partial charge in [0.1, 0.15) is 5.69 Å². The summed E-state index contributed by atoms with van der Waals surface area (Å²) in [7, 11) is 0. The zero-order valence-electron chi connectivity index (χ0n) is 8.21. The highest BCUT2D eigenvalue weighted by atomic mass is 19.3. The summed E-state index contributed by atoms with van der Waals surface area (Å²) in [5, 5.41) is 18.3. The Balaban J connectivity index is 3.09. The molecule has 90 valence electrons. The predicted octanol–water partition coefficient (Wildman–Crippen LogP) is 1.51. The number of nitrogens with zero attached hydrogens (tertiary/aromatic N) is 2. The first-order valence-electron chi connectivity index (χ1n) is 4.24. The van der Waals surface area contributed by atoms with E-state index in [1.807, 2.05) is 0 Å². The first kappa shape index (κ1) is 12.7. The maximum absolute atomic E-state index is 13.0. The number of carboxylic acid groups (broad SMARTS) is 1. The van der Waals surface area contributed by atoms with Gasteiger partial charge in [0.15, 0.2) is 0 Å². The molecule has 8 heteroatoms. The van der Waals surface area contributed by atoms with E-state index in [0.717, 1.165) is 18.2 Å². The van der Waals surface area contributed by atoms with E-state index in [0.29, 0.717) is 6.20 Å². The first-order chi connectivity index (χ1) is 7.84. The number of aromatic nitrogens is 1. The molecule has 1 aromatic rings. The lowest BCUT2D eigenvalue weighted by Crippen LogP contribution is -2.26. The Bertz CT molecular complexity index is 488. The van der Waals surface area contributed by atoms with Crippen molar-refractivity contribution in [2.24, 2.45) is 0 Å². The normalized spacial score (nSPS) is 11.6. The molecular formula is C9H6F2N2O4. The van der Waals surface area contributed by atoms with Crippen LogP contribution in [0.15, 0.2) is 24.4 Å². The molecule has 6 nitrogen and oxygen atoms in total.